The molecule has 18 heavy (non-hydrogen) atoms. The lowest BCUT2D eigenvalue weighted by molar-refractivity contribution is -0.136. The summed E-state index contributed by atoms with van der Waals surface area (Å²) in [6.45, 7) is 4.23. The second-order valence-electron chi connectivity index (χ2n) is 4.39. The summed E-state index contributed by atoms with van der Waals surface area (Å²) in [5, 5.41) is 3.22. The minimum absolute atomic E-state index is 0.0478. The lowest BCUT2D eigenvalue weighted by atomic mass is 10.2. The van der Waals surface area contributed by atoms with E-state index in [4.69, 9.17) is 4.74 Å². The van der Waals surface area contributed by atoms with E-state index in [1.54, 1.807) is 17.0 Å². The van der Waals surface area contributed by atoms with Gasteiger partial charge >= 0.3 is 0 Å². The molecular formula is C13H17FN2O2. The van der Waals surface area contributed by atoms with Gasteiger partial charge in [-0.2, -0.15) is 0 Å². The molecule has 1 aromatic carbocycles. The van der Waals surface area contributed by atoms with Crippen LogP contribution in [0.15, 0.2) is 24.3 Å². The van der Waals surface area contributed by atoms with Crippen molar-refractivity contribution in [3.8, 4) is 5.75 Å². The molecule has 1 atom stereocenters. The highest BCUT2D eigenvalue weighted by molar-refractivity contribution is 5.78. The first kappa shape index (κ1) is 12.8. The standard InChI is InChI=1S/C13H17FN2O2/c1-10-8-15-5-6-16(10)13(17)9-18-12-4-2-3-11(14)7-12/h2-4,7,10,15H,5-6,8-9H2,1H3/t10-/m0/s1. The van der Waals surface area contributed by atoms with Crippen LogP contribution < -0.4 is 10.1 Å². The first-order valence-corrected chi connectivity index (χ1v) is 6.05. The third kappa shape index (κ3) is 3.20. The fourth-order valence-electron chi connectivity index (χ4n) is 2.00. The smallest absolute Gasteiger partial charge is 0.260 e. The molecule has 1 saturated heterocycles. The zero-order valence-electron chi connectivity index (χ0n) is 10.4. The minimum atomic E-state index is -0.365. The number of piperazine rings is 1. The molecule has 1 N–H and O–H groups in total. The number of carbonyl (C=O) groups excluding carboxylic acids is 1. The normalized spacial score (nSPS) is 19.7. The van der Waals surface area contributed by atoms with Gasteiger partial charge in [-0.1, -0.05) is 6.07 Å². The van der Waals surface area contributed by atoms with Gasteiger partial charge in [0.15, 0.2) is 6.61 Å². The highest BCUT2D eigenvalue weighted by atomic mass is 19.1. The number of rotatable bonds is 3. The lowest BCUT2D eigenvalue weighted by Gasteiger charge is -2.33. The SMILES string of the molecule is C[C@H]1CNCCN1C(=O)COc1cccc(F)c1. The van der Waals surface area contributed by atoms with Crippen molar-refractivity contribution in [2.75, 3.05) is 26.2 Å². The van der Waals surface area contributed by atoms with Crippen molar-refractivity contribution >= 4 is 5.91 Å². The molecule has 0 spiro atoms. The number of nitrogens with zero attached hydrogens (tertiary/aromatic N) is 1. The molecule has 1 aliphatic heterocycles. The molecule has 98 valence electrons. The Labute approximate surface area is 106 Å². The van der Waals surface area contributed by atoms with Crippen LogP contribution in [-0.2, 0) is 4.79 Å². The van der Waals surface area contributed by atoms with Crippen molar-refractivity contribution in [3.05, 3.63) is 30.1 Å². The second-order valence-corrected chi connectivity index (χ2v) is 4.39. The third-order valence-electron chi connectivity index (χ3n) is 2.98. The summed E-state index contributed by atoms with van der Waals surface area (Å²) in [5.74, 6) is -0.0464. The highest BCUT2D eigenvalue weighted by Gasteiger charge is 2.22. The molecule has 0 aliphatic carbocycles. The number of benzene rings is 1. The van der Waals surface area contributed by atoms with Crippen LogP contribution in [-0.4, -0.2) is 43.1 Å². The monoisotopic (exact) mass is 252 g/mol. The van der Waals surface area contributed by atoms with Crippen molar-refractivity contribution < 1.29 is 13.9 Å². The summed E-state index contributed by atoms with van der Waals surface area (Å²) < 4.78 is 18.2. The van der Waals surface area contributed by atoms with Crippen LogP contribution in [0.1, 0.15) is 6.92 Å². The summed E-state index contributed by atoms with van der Waals surface area (Å²) in [5.41, 5.74) is 0. The quantitative estimate of drug-likeness (QED) is 0.873. The van der Waals surface area contributed by atoms with Gasteiger partial charge in [0.1, 0.15) is 11.6 Å². The molecular weight excluding hydrogens is 235 g/mol. The summed E-state index contributed by atoms with van der Waals surface area (Å²) in [7, 11) is 0. The molecule has 1 aliphatic rings. The summed E-state index contributed by atoms with van der Waals surface area (Å²) in [6, 6.07) is 5.98. The molecule has 1 heterocycles. The Kier molecular flexibility index (Phi) is 4.15. The summed E-state index contributed by atoms with van der Waals surface area (Å²) in [6.07, 6.45) is 0. The van der Waals surface area contributed by atoms with E-state index < -0.39 is 0 Å². The number of halogens is 1. The van der Waals surface area contributed by atoms with Crippen molar-refractivity contribution in [2.45, 2.75) is 13.0 Å². The number of nitrogens with one attached hydrogen (secondary N) is 1. The number of carbonyl (C=O) groups is 1. The molecule has 4 nitrogen and oxygen atoms in total. The fourth-order valence-corrected chi connectivity index (χ4v) is 2.00. The second kappa shape index (κ2) is 5.82. The Bertz CT molecular complexity index is 425. The van der Waals surface area contributed by atoms with E-state index in [1.165, 1.54) is 12.1 Å². The van der Waals surface area contributed by atoms with Crippen molar-refractivity contribution in [2.24, 2.45) is 0 Å². The average Bonchev–Trinajstić information content (AvgIpc) is 2.37. The Balaban J connectivity index is 1.88. The maximum absolute atomic E-state index is 12.9. The Morgan fingerprint density at radius 3 is 3.17 bits per heavy atom. The van der Waals surface area contributed by atoms with Crippen molar-refractivity contribution in [3.63, 3.8) is 0 Å². The van der Waals surface area contributed by atoms with E-state index in [0.717, 1.165) is 13.1 Å². The van der Waals surface area contributed by atoms with E-state index in [2.05, 4.69) is 5.32 Å². The molecule has 0 unspecified atom stereocenters. The zero-order chi connectivity index (χ0) is 13.0. The predicted molar refractivity (Wildman–Crippen MR) is 65.9 cm³/mol. The van der Waals surface area contributed by atoms with Crippen LogP contribution in [0.4, 0.5) is 4.39 Å². The van der Waals surface area contributed by atoms with Crippen molar-refractivity contribution in [1.29, 1.82) is 0 Å². The molecule has 1 fully saturated rings. The van der Waals surface area contributed by atoms with E-state index in [-0.39, 0.29) is 24.4 Å². The summed E-state index contributed by atoms with van der Waals surface area (Å²) >= 11 is 0. The van der Waals surface area contributed by atoms with Gasteiger partial charge in [-0.25, -0.2) is 4.39 Å². The maximum Gasteiger partial charge on any atom is 0.260 e. The molecule has 0 saturated carbocycles. The maximum atomic E-state index is 12.9. The highest BCUT2D eigenvalue weighted by Crippen LogP contribution is 2.12. The van der Waals surface area contributed by atoms with E-state index in [1.807, 2.05) is 6.92 Å². The number of hydrogen-bond donors (Lipinski definition) is 1. The van der Waals surface area contributed by atoms with E-state index in [0.29, 0.717) is 12.3 Å². The Morgan fingerprint density at radius 1 is 1.61 bits per heavy atom. The van der Waals surface area contributed by atoms with Crippen LogP contribution >= 0.6 is 0 Å². The van der Waals surface area contributed by atoms with Crippen LogP contribution in [0.5, 0.6) is 5.75 Å². The summed E-state index contributed by atoms with van der Waals surface area (Å²) in [4.78, 5) is 13.7. The molecule has 5 heteroatoms. The molecule has 2 rings (SSSR count). The van der Waals surface area contributed by atoms with Gasteiger partial charge in [0, 0.05) is 31.7 Å². The number of hydrogen-bond acceptors (Lipinski definition) is 3. The zero-order valence-corrected chi connectivity index (χ0v) is 10.4. The van der Waals surface area contributed by atoms with Crippen LogP contribution in [0.2, 0.25) is 0 Å². The van der Waals surface area contributed by atoms with Crippen molar-refractivity contribution in [1.82, 2.24) is 10.2 Å². The van der Waals surface area contributed by atoms with Crippen LogP contribution in [0.25, 0.3) is 0 Å². The third-order valence-corrected chi connectivity index (χ3v) is 2.98. The van der Waals surface area contributed by atoms with Crippen LogP contribution in [0, 0.1) is 5.82 Å². The molecule has 1 aromatic rings. The molecule has 0 aromatic heterocycles. The average molecular weight is 252 g/mol. The van der Waals surface area contributed by atoms with E-state index >= 15 is 0 Å². The minimum Gasteiger partial charge on any atom is -0.484 e. The first-order chi connectivity index (χ1) is 8.66. The van der Waals surface area contributed by atoms with Gasteiger partial charge in [0.2, 0.25) is 0 Å². The molecule has 1 amide bonds. The molecule has 0 radical (unpaired) electrons. The van der Waals surface area contributed by atoms with E-state index in [9.17, 15) is 9.18 Å². The van der Waals surface area contributed by atoms with Crippen LogP contribution in [0.3, 0.4) is 0 Å². The fraction of sp³-hybridized carbons (Fsp3) is 0.462. The number of ether oxygens (including phenoxy) is 1. The topological polar surface area (TPSA) is 41.6 Å². The Hall–Kier alpha value is -1.62. The predicted octanol–water partition coefficient (Wildman–Crippen LogP) is 1.02. The Morgan fingerprint density at radius 2 is 2.44 bits per heavy atom. The lowest BCUT2D eigenvalue weighted by Crippen LogP contribution is -2.53. The number of amides is 1. The van der Waals surface area contributed by atoms with Gasteiger partial charge in [0.25, 0.3) is 5.91 Å². The van der Waals surface area contributed by atoms with Gasteiger partial charge in [0.05, 0.1) is 0 Å². The first-order valence-electron chi connectivity index (χ1n) is 6.05. The largest absolute Gasteiger partial charge is 0.484 e. The molecule has 0 bridgehead atoms. The van der Waals surface area contributed by atoms with Gasteiger partial charge in [-0.3, -0.25) is 4.79 Å². The van der Waals surface area contributed by atoms with Gasteiger partial charge in [-0.15, -0.1) is 0 Å². The van der Waals surface area contributed by atoms with Gasteiger partial charge in [-0.05, 0) is 19.1 Å². The van der Waals surface area contributed by atoms with Gasteiger partial charge < -0.3 is 15.0 Å².